The zero-order valence-corrected chi connectivity index (χ0v) is 12.4. The van der Waals surface area contributed by atoms with Crippen molar-refractivity contribution in [3.05, 3.63) is 47.2 Å². The van der Waals surface area contributed by atoms with Gasteiger partial charge in [-0.05, 0) is 26.0 Å². The highest BCUT2D eigenvalue weighted by atomic mass is 16.5. The zero-order valence-electron chi connectivity index (χ0n) is 12.4. The van der Waals surface area contributed by atoms with Gasteiger partial charge in [-0.3, -0.25) is 4.98 Å². The van der Waals surface area contributed by atoms with Gasteiger partial charge in [0.2, 0.25) is 0 Å². The average Bonchev–Trinajstić information content (AvgIpc) is 2.98. The van der Waals surface area contributed by atoms with Crippen molar-refractivity contribution in [1.82, 2.24) is 15.6 Å². The highest BCUT2D eigenvalue weighted by molar-refractivity contribution is 5.73. The summed E-state index contributed by atoms with van der Waals surface area (Å²) in [5.74, 6) is 1.51. The predicted molar refractivity (Wildman–Crippen MR) is 78.0 cm³/mol. The fourth-order valence-electron chi connectivity index (χ4n) is 2.06. The smallest absolute Gasteiger partial charge is 0.315 e. The number of rotatable bonds is 5. The summed E-state index contributed by atoms with van der Waals surface area (Å²) in [5.41, 5.74) is 2.69. The van der Waals surface area contributed by atoms with Gasteiger partial charge >= 0.3 is 6.03 Å². The van der Waals surface area contributed by atoms with E-state index in [4.69, 9.17) is 9.15 Å². The Bertz CT molecular complexity index is 609. The third-order valence-corrected chi connectivity index (χ3v) is 3.17. The molecule has 0 bridgehead atoms. The van der Waals surface area contributed by atoms with Crippen LogP contribution >= 0.6 is 0 Å². The quantitative estimate of drug-likeness (QED) is 0.885. The lowest BCUT2D eigenvalue weighted by Gasteiger charge is -2.13. The Labute approximate surface area is 123 Å². The van der Waals surface area contributed by atoms with E-state index in [9.17, 15) is 4.79 Å². The van der Waals surface area contributed by atoms with Gasteiger partial charge in [-0.25, -0.2) is 4.79 Å². The lowest BCUT2D eigenvalue weighted by molar-refractivity contribution is 0.239. The molecule has 0 spiro atoms. The molecule has 112 valence electrons. The van der Waals surface area contributed by atoms with Gasteiger partial charge in [0.15, 0.2) is 0 Å². The van der Waals surface area contributed by atoms with Crippen LogP contribution in [0.25, 0.3) is 0 Å². The van der Waals surface area contributed by atoms with Crippen molar-refractivity contribution in [3.63, 3.8) is 0 Å². The Morgan fingerprint density at radius 1 is 1.33 bits per heavy atom. The number of amides is 2. The molecule has 0 aliphatic rings. The topological polar surface area (TPSA) is 76.4 Å². The van der Waals surface area contributed by atoms with Crippen LogP contribution in [0.1, 0.15) is 22.6 Å². The largest absolute Gasteiger partial charge is 0.496 e. The number of carbonyl (C=O) groups is 1. The number of hydrogen-bond acceptors (Lipinski definition) is 4. The van der Waals surface area contributed by atoms with E-state index >= 15 is 0 Å². The lowest BCUT2D eigenvalue weighted by atomic mass is 10.1. The van der Waals surface area contributed by atoms with Gasteiger partial charge in [0, 0.05) is 17.3 Å². The molecule has 2 aromatic heterocycles. The molecule has 2 rings (SSSR count). The summed E-state index contributed by atoms with van der Waals surface area (Å²) in [5, 5.41) is 5.48. The first kappa shape index (κ1) is 14.9. The van der Waals surface area contributed by atoms with E-state index in [1.165, 1.54) is 0 Å². The summed E-state index contributed by atoms with van der Waals surface area (Å²) in [7, 11) is 1.63. The number of aryl methyl sites for hydroxylation is 1. The number of nitrogens with zero attached hydrogens (tertiary/aromatic N) is 1. The molecule has 21 heavy (non-hydrogen) atoms. The van der Waals surface area contributed by atoms with Gasteiger partial charge in [-0.1, -0.05) is 0 Å². The Morgan fingerprint density at radius 3 is 2.76 bits per heavy atom. The lowest BCUT2D eigenvalue weighted by Crippen LogP contribution is -2.34. The number of carbonyl (C=O) groups excluding carboxylic acids is 1. The minimum atomic E-state index is -0.271. The third-order valence-electron chi connectivity index (χ3n) is 3.17. The summed E-state index contributed by atoms with van der Waals surface area (Å²) in [4.78, 5) is 16.0. The molecule has 2 aromatic rings. The zero-order chi connectivity index (χ0) is 15.2. The number of hydrogen-bond donors (Lipinski definition) is 2. The van der Waals surface area contributed by atoms with E-state index in [1.54, 1.807) is 31.7 Å². The molecule has 2 amide bonds. The fraction of sp³-hybridized carbons (Fsp3) is 0.333. The molecule has 0 saturated carbocycles. The van der Waals surface area contributed by atoms with E-state index < -0.39 is 0 Å². The van der Waals surface area contributed by atoms with Gasteiger partial charge in [-0.2, -0.15) is 0 Å². The molecule has 2 heterocycles. The van der Waals surface area contributed by atoms with Crippen LogP contribution in [0, 0.1) is 13.8 Å². The summed E-state index contributed by atoms with van der Waals surface area (Å²) in [6.07, 6.45) is 3.31. The fourth-order valence-corrected chi connectivity index (χ4v) is 2.06. The second-order valence-corrected chi connectivity index (χ2v) is 4.66. The number of furan rings is 1. The molecule has 0 radical (unpaired) electrons. The molecule has 0 aromatic carbocycles. The number of methoxy groups -OCH3 is 1. The van der Waals surface area contributed by atoms with Crippen molar-refractivity contribution in [2.24, 2.45) is 0 Å². The monoisotopic (exact) mass is 289 g/mol. The molecule has 0 aliphatic heterocycles. The van der Waals surface area contributed by atoms with Crippen LogP contribution in [0.15, 0.2) is 29.0 Å². The molecule has 6 heteroatoms. The first-order valence-corrected chi connectivity index (χ1v) is 6.65. The third kappa shape index (κ3) is 3.75. The van der Waals surface area contributed by atoms with Crippen LogP contribution in [-0.2, 0) is 13.1 Å². The van der Waals surface area contributed by atoms with Crippen LogP contribution in [0.4, 0.5) is 4.79 Å². The van der Waals surface area contributed by atoms with Crippen LogP contribution < -0.4 is 15.4 Å². The first-order chi connectivity index (χ1) is 10.1. The minimum absolute atomic E-state index is 0.271. The first-order valence-electron chi connectivity index (χ1n) is 6.65. The van der Waals surface area contributed by atoms with E-state index in [1.807, 2.05) is 13.8 Å². The van der Waals surface area contributed by atoms with Crippen molar-refractivity contribution in [2.75, 3.05) is 7.11 Å². The van der Waals surface area contributed by atoms with Crippen molar-refractivity contribution in [1.29, 1.82) is 0 Å². The number of aromatic nitrogens is 1. The Kier molecular flexibility index (Phi) is 4.81. The molecule has 2 N–H and O–H groups in total. The summed E-state index contributed by atoms with van der Waals surface area (Å²) in [6.45, 7) is 4.55. The molecule has 0 unspecified atom stereocenters. The molecule has 6 nitrogen and oxygen atoms in total. The normalized spacial score (nSPS) is 10.2. The van der Waals surface area contributed by atoms with Crippen molar-refractivity contribution >= 4 is 6.03 Å². The van der Waals surface area contributed by atoms with Gasteiger partial charge in [0.05, 0.1) is 32.2 Å². The minimum Gasteiger partial charge on any atom is -0.496 e. The van der Waals surface area contributed by atoms with E-state index in [2.05, 4.69) is 15.6 Å². The molecule has 0 atom stereocenters. The summed E-state index contributed by atoms with van der Waals surface area (Å²) in [6, 6.07) is 3.31. The van der Waals surface area contributed by atoms with Gasteiger partial charge in [0.25, 0.3) is 0 Å². The Morgan fingerprint density at radius 2 is 2.10 bits per heavy atom. The van der Waals surface area contributed by atoms with Gasteiger partial charge in [0.1, 0.15) is 11.5 Å². The van der Waals surface area contributed by atoms with Crippen LogP contribution in [0.3, 0.4) is 0 Å². The Hall–Kier alpha value is -2.50. The van der Waals surface area contributed by atoms with Crippen molar-refractivity contribution < 1.29 is 13.9 Å². The number of nitrogens with one attached hydrogen (secondary N) is 2. The standard InChI is InChI=1S/C15H19N3O3/c1-10-7-16-13(11(2)14(10)20-3)9-18-15(19)17-8-12-5-4-6-21-12/h4-7H,8-9H2,1-3H3,(H2,17,18,19). The predicted octanol–water partition coefficient (Wildman–Crippen LogP) is 2.30. The number of urea groups is 1. The second kappa shape index (κ2) is 6.78. The maximum atomic E-state index is 11.7. The maximum absolute atomic E-state index is 11.7. The van der Waals surface area contributed by atoms with E-state index in [0.717, 1.165) is 22.6 Å². The Balaban J connectivity index is 1.89. The van der Waals surface area contributed by atoms with Gasteiger partial charge < -0.3 is 19.8 Å². The second-order valence-electron chi connectivity index (χ2n) is 4.66. The van der Waals surface area contributed by atoms with Crippen molar-refractivity contribution in [3.8, 4) is 5.75 Å². The summed E-state index contributed by atoms with van der Waals surface area (Å²) >= 11 is 0. The molecular formula is C15H19N3O3. The highest BCUT2D eigenvalue weighted by Gasteiger charge is 2.10. The van der Waals surface area contributed by atoms with Crippen LogP contribution in [0.2, 0.25) is 0 Å². The van der Waals surface area contributed by atoms with Crippen LogP contribution in [-0.4, -0.2) is 18.1 Å². The SMILES string of the molecule is COc1c(C)cnc(CNC(=O)NCc2ccco2)c1C. The number of pyridine rings is 1. The molecule has 0 aliphatic carbocycles. The summed E-state index contributed by atoms with van der Waals surface area (Å²) < 4.78 is 10.5. The van der Waals surface area contributed by atoms with Crippen LogP contribution in [0.5, 0.6) is 5.75 Å². The van der Waals surface area contributed by atoms with Crippen molar-refractivity contribution in [2.45, 2.75) is 26.9 Å². The molecular weight excluding hydrogens is 270 g/mol. The maximum Gasteiger partial charge on any atom is 0.315 e. The molecule has 0 saturated heterocycles. The van der Waals surface area contributed by atoms with Gasteiger partial charge in [-0.15, -0.1) is 0 Å². The molecule has 0 fully saturated rings. The number of ether oxygens (including phenoxy) is 1. The average molecular weight is 289 g/mol. The highest BCUT2D eigenvalue weighted by Crippen LogP contribution is 2.23. The van der Waals surface area contributed by atoms with E-state index in [-0.39, 0.29) is 6.03 Å². The van der Waals surface area contributed by atoms with E-state index in [0.29, 0.717) is 18.8 Å².